The molecule has 18 nitrogen and oxygen atoms in total. The van der Waals surface area contributed by atoms with Crippen molar-refractivity contribution >= 4 is 79.4 Å². The highest BCUT2D eigenvalue weighted by Crippen LogP contribution is 2.42. The number of fused-ring (bicyclic) bond motifs is 1. The molecule has 0 unspecified atom stereocenters. The van der Waals surface area contributed by atoms with Gasteiger partial charge in [-0.05, 0) is 53.9 Å². The van der Waals surface area contributed by atoms with Crippen molar-refractivity contribution in [3.05, 3.63) is 83.4 Å². The molecular formula is C28H20N8O10S. The van der Waals surface area contributed by atoms with E-state index in [1.54, 1.807) is 0 Å². The van der Waals surface area contributed by atoms with Gasteiger partial charge in [0, 0.05) is 11.1 Å². The highest BCUT2D eigenvalue weighted by Gasteiger charge is 2.20. The van der Waals surface area contributed by atoms with Crippen LogP contribution in [-0.2, 0) is 10.1 Å². The second kappa shape index (κ2) is 12.3. The van der Waals surface area contributed by atoms with E-state index >= 15 is 0 Å². The summed E-state index contributed by atoms with van der Waals surface area (Å²) in [7, 11) is -4.78. The number of phenols is 1. The molecule has 0 fully saturated rings. The molecule has 0 radical (unpaired) electrons. The quantitative estimate of drug-likeness (QED) is 0.0752. The highest BCUT2D eigenvalue weighted by atomic mass is 32.2. The fourth-order valence-corrected chi connectivity index (χ4v) is 4.83. The Morgan fingerprint density at radius 1 is 0.745 bits per heavy atom. The lowest BCUT2D eigenvalue weighted by Crippen LogP contribution is -2.09. The number of benzene rings is 4. The lowest BCUT2D eigenvalue weighted by Gasteiger charge is -2.14. The Kier molecular flexibility index (Phi) is 8.32. The first-order valence-electron chi connectivity index (χ1n) is 12.9. The van der Waals surface area contributed by atoms with E-state index in [-0.39, 0.29) is 68.1 Å². The van der Waals surface area contributed by atoms with Crippen molar-refractivity contribution < 1.29 is 47.8 Å². The molecule has 0 atom stereocenters. The molecule has 9 N–H and O–H groups in total. The van der Waals surface area contributed by atoms with Crippen LogP contribution in [0.5, 0.6) is 5.75 Å². The zero-order valence-corrected chi connectivity index (χ0v) is 24.2. The fraction of sp³-hybridized carbons (Fsp3) is 0. The van der Waals surface area contributed by atoms with Crippen molar-refractivity contribution in [2.45, 2.75) is 4.90 Å². The van der Waals surface area contributed by atoms with Crippen molar-refractivity contribution in [2.75, 3.05) is 16.4 Å². The lowest BCUT2D eigenvalue weighted by molar-refractivity contribution is 0.0682. The lowest BCUT2D eigenvalue weighted by atomic mass is 10.1. The number of aromatic nitrogens is 3. The third-order valence-electron chi connectivity index (χ3n) is 6.32. The monoisotopic (exact) mass is 660 g/mol. The average molecular weight is 661 g/mol. The summed E-state index contributed by atoms with van der Waals surface area (Å²) in [6.07, 6.45) is 0. The minimum atomic E-state index is -4.78. The van der Waals surface area contributed by atoms with Crippen molar-refractivity contribution in [3.8, 4) is 5.75 Å². The number of nitrogens with two attached hydrogens (primary N) is 1. The van der Waals surface area contributed by atoms with Gasteiger partial charge in [0.05, 0.1) is 27.3 Å². The molecule has 0 aliphatic heterocycles. The number of nitrogens with one attached hydrogen (secondary N) is 2. The third-order valence-corrected chi connectivity index (χ3v) is 7.15. The van der Waals surface area contributed by atoms with Gasteiger partial charge in [-0.15, -0.1) is 10.2 Å². The zero-order valence-electron chi connectivity index (χ0n) is 23.3. The van der Waals surface area contributed by atoms with Crippen LogP contribution in [0.15, 0.2) is 81.9 Å². The number of anilines is 5. The van der Waals surface area contributed by atoms with Crippen LogP contribution in [-0.4, -0.2) is 66.3 Å². The number of carboxylic acids is 3. The SMILES string of the molecule is Nc1nc(Nc2cc(C(=O)O)cc(C(=O)O)c2)nc(Nc2cc(S(=O)(=O)O)cc3ccc(N=Nc4ccccc4C(=O)O)c(O)c23)n1. The number of hydrogen-bond donors (Lipinski definition) is 8. The Morgan fingerprint density at radius 3 is 1.98 bits per heavy atom. The molecule has 0 bridgehead atoms. The van der Waals surface area contributed by atoms with E-state index in [2.05, 4.69) is 35.8 Å². The maximum Gasteiger partial charge on any atom is 0.337 e. The van der Waals surface area contributed by atoms with Crippen LogP contribution in [0.25, 0.3) is 10.8 Å². The van der Waals surface area contributed by atoms with Gasteiger partial charge in [-0.25, -0.2) is 14.4 Å². The molecule has 5 aromatic rings. The number of nitrogen functional groups attached to an aromatic ring is 1. The summed E-state index contributed by atoms with van der Waals surface area (Å²) in [5, 5.41) is 52.6. The van der Waals surface area contributed by atoms with Crippen LogP contribution in [0.2, 0.25) is 0 Å². The van der Waals surface area contributed by atoms with Crippen molar-refractivity contribution in [1.29, 1.82) is 0 Å². The van der Waals surface area contributed by atoms with Crippen LogP contribution in [0.3, 0.4) is 0 Å². The van der Waals surface area contributed by atoms with Gasteiger partial charge in [0.25, 0.3) is 10.1 Å². The number of aromatic carboxylic acids is 3. The Bertz CT molecular complexity index is 2230. The fourth-order valence-electron chi connectivity index (χ4n) is 4.29. The minimum Gasteiger partial charge on any atom is -0.505 e. The van der Waals surface area contributed by atoms with Crippen molar-refractivity contribution in [3.63, 3.8) is 0 Å². The molecule has 0 amide bonds. The molecule has 0 spiro atoms. The van der Waals surface area contributed by atoms with Crippen LogP contribution in [0, 0.1) is 0 Å². The predicted octanol–water partition coefficient (Wildman–Crippen LogP) is 4.56. The third kappa shape index (κ3) is 7.00. The molecule has 4 aromatic carbocycles. The Hall–Kier alpha value is -6.73. The van der Waals surface area contributed by atoms with Gasteiger partial charge in [-0.3, -0.25) is 4.55 Å². The van der Waals surface area contributed by atoms with Crippen molar-refractivity contribution in [2.24, 2.45) is 10.2 Å². The van der Waals surface area contributed by atoms with E-state index in [1.807, 2.05) is 0 Å². The Balaban J connectivity index is 1.59. The van der Waals surface area contributed by atoms with Crippen LogP contribution in [0.4, 0.5) is 40.6 Å². The second-order valence-corrected chi connectivity index (χ2v) is 10.9. The maximum atomic E-state index is 12.1. The molecule has 1 aromatic heterocycles. The molecule has 47 heavy (non-hydrogen) atoms. The Morgan fingerprint density at radius 2 is 1.36 bits per heavy atom. The van der Waals surface area contributed by atoms with E-state index < -0.39 is 38.7 Å². The normalized spacial score (nSPS) is 11.4. The molecule has 0 saturated carbocycles. The molecular weight excluding hydrogens is 640 g/mol. The summed E-state index contributed by atoms with van der Waals surface area (Å²) in [5.41, 5.74) is 4.62. The molecule has 0 aliphatic carbocycles. The number of rotatable bonds is 10. The first kappa shape index (κ1) is 31.7. The number of hydrogen-bond acceptors (Lipinski definition) is 14. The minimum absolute atomic E-state index is 0.00961. The van der Waals surface area contributed by atoms with Gasteiger partial charge in [0.2, 0.25) is 17.8 Å². The smallest absolute Gasteiger partial charge is 0.337 e. The topological polar surface area (TPSA) is 300 Å². The van der Waals surface area contributed by atoms with Crippen LogP contribution < -0.4 is 16.4 Å². The molecule has 19 heteroatoms. The molecule has 5 rings (SSSR count). The number of aromatic hydroxyl groups is 1. The second-order valence-electron chi connectivity index (χ2n) is 9.50. The summed E-state index contributed by atoms with van der Waals surface area (Å²) in [5.74, 6) is -5.59. The summed E-state index contributed by atoms with van der Waals surface area (Å²) in [6, 6.07) is 13.6. The standard InChI is InChI=1S/C28H20N8O10S/c29-26-32-27(30-15-8-13(23(38)39)7-14(9-15)24(40)41)34-28(33-26)31-20-11-16(47(44,45)46)10-12-5-6-19(22(37)21(12)20)36-35-18-4-2-1-3-17(18)25(42)43/h1-11,37H,(H,38,39)(H,40,41)(H,42,43)(H,44,45,46)(H4,29,30,31,32,33,34). The largest absolute Gasteiger partial charge is 0.505 e. The average Bonchev–Trinajstić information content (AvgIpc) is 2.99. The molecule has 0 aliphatic rings. The van der Waals surface area contributed by atoms with E-state index in [0.29, 0.717) is 0 Å². The molecule has 238 valence electrons. The molecule has 1 heterocycles. The Labute approximate surface area is 262 Å². The van der Waals surface area contributed by atoms with Gasteiger partial charge >= 0.3 is 17.9 Å². The van der Waals surface area contributed by atoms with Gasteiger partial charge < -0.3 is 36.8 Å². The predicted molar refractivity (Wildman–Crippen MR) is 164 cm³/mol. The molecule has 0 saturated heterocycles. The van der Waals surface area contributed by atoms with Crippen LogP contribution >= 0.6 is 0 Å². The van der Waals surface area contributed by atoms with E-state index in [0.717, 1.165) is 30.3 Å². The van der Waals surface area contributed by atoms with Gasteiger partial charge in [0.1, 0.15) is 11.4 Å². The summed E-state index contributed by atoms with van der Waals surface area (Å²) in [6.45, 7) is 0. The first-order valence-corrected chi connectivity index (χ1v) is 14.3. The van der Waals surface area contributed by atoms with E-state index in [9.17, 15) is 47.8 Å². The van der Waals surface area contributed by atoms with E-state index in [4.69, 9.17) is 5.73 Å². The van der Waals surface area contributed by atoms with E-state index in [1.165, 1.54) is 36.4 Å². The van der Waals surface area contributed by atoms with Gasteiger partial charge in [0.15, 0.2) is 5.75 Å². The number of azo groups is 1. The first-order chi connectivity index (χ1) is 22.2. The maximum absolute atomic E-state index is 12.1. The highest BCUT2D eigenvalue weighted by molar-refractivity contribution is 7.85. The summed E-state index contributed by atoms with van der Waals surface area (Å²) < 4.78 is 33.9. The summed E-state index contributed by atoms with van der Waals surface area (Å²) in [4.78, 5) is 45.9. The van der Waals surface area contributed by atoms with Gasteiger partial charge in [-0.1, -0.05) is 18.2 Å². The number of phenolic OH excluding ortho intramolecular Hbond substituents is 1. The zero-order chi connectivity index (χ0) is 34.0. The summed E-state index contributed by atoms with van der Waals surface area (Å²) >= 11 is 0. The number of nitrogens with zero attached hydrogens (tertiary/aromatic N) is 5. The number of carboxylic acid groups (broad SMARTS) is 3. The van der Waals surface area contributed by atoms with Crippen LogP contribution in [0.1, 0.15) is 31.1 Å². The van der Waals surface area contributed by atoms with Gasteiger partial charge in [-0.2, -0.15) is 23.4 Å². The number of carbonyl (C=O) groups is 3. The van der Waals surface area contributed by atoms with Crippen molar-refractivity contribution in [1.82, 2.24) is 15.0 Å².